The highest BCUT2D eigenvalue weighted by atomic mass is 35.5. The van der Waals surface area contributed by atoms with Gasteiger partial charge in [0.25, 0.3) is 5.91 Å². The fraction of sp³-hybridized carbons (Fsp3) is 0.360. The van der Waals surface area contributed by atoms with Crippen molar-refractivity contribution in [2.24, 2.45) is 18.9 Å². The number of nitrogens with zero attached hydrogens (tertiary/aromatic N) is 2. The van der Waals surface area contributed by atoms with Gasteiger partial charge in [-0.1, -0.05) is 30.1 Å². The van der Waals surface area contributed by atoms with E-state index in [0.29, 0.717) is 41.0 Å². The molecule has 0 aliphatic carbocycles. The molecular weight excluding hydrogens is 520 g/mol. The van der Waals surface area contributed by atoms with Crippen molar-refractivity contribution in [2.75, 3.05) is 13.1 Å². The second-order valence-corrected chi connectivity index (χ2v) is 9.77. The third-order valence-electron chi connectivity index (χ3n) is 6.63. The van der Waals surface area contributed by atoms with E-state index in [1.54, 1.807) is 35.6 Å². The average molecular weight is 543 g/mol. The van der Waals surface area contributed by atoms with Crippen molar-refractivity contribution in [1.82, 2.24) is 9.47 Å². The molecule has 1 aliphatic heterocycles. The summed E-state index contributed by atoms with van der Waals surface area (Å²) in [6.45, 7) is 2.41. The van der Waals surface area contributed by atoms with Gasteiger partial charge in [-0.2, -0.15) is 0 Å². The summed E-state index contributed by atoms with van der Waals surface area (Å²) in [6.07, 6.45) is -4.20. The fourth-order valence-electron chi connectivity index (χ4n) is 4.71. The number of fused-ring (bicyclic) bond motifs is 1. The molecule has 1 N–H and O–H groups in total. The van der Waals surface area contributed by atoms with E-state index in [1.807, 2.05) is 6.07 Å². The predicted octanol–water partition coefficient (Wildman–Crippen LogP) is 6.16. The maximum atomic E-state index is 13.3. The number of rotatable bonds is 5. The number of hydrogen-bond donors (Lipinski definition) is 1. The molecule has 1 fully saturated rings. The van der Waals surface area contributed by atoms with Crippen LogP contribution in [0.25, 0.3) is 10.9 Å². The summed E-state index contributed by atoms with van der Waals surface area (Å²) < 4.78 is 43.6. The van der Waals surface area contributed by atoms with Crippen LogP contribution < -0.4 is 4.74 Å². The molecule has 0 bridgehead atoms. The monoisotopic (exact) mass is 542 g/mol. The van der Waals surface area contributed by atoms with Crippen LogP contribution in [0, 0.1) is 11.8 Å². The lowest BCUT2D eigenvalue weighted by atomic mass is 9.86. The van der Waals surface area contributed by atoms with Crippen LogP contribution in [0.1, 0.15) is 35.0 Å². The first-order valence-electron chi connectivity index (χ1n) is 11.2. The highest BCUT2D eigenvalue weighted by molar-refractivity contribution is 6.38. The Balaban J connectivity index is 1.61. The van der Waals surface area contributed by atoms with E-state index in [9.17, 15) is 27.9 Å². The van der Waals surface area contributed by atoms with E-state index in [4.69, 9.17) is 23.2 Å². The number of carbonyl (C=O) groups is 2. The second kappa shape index (κ2) is 9.86. The lowest BCUT2D eigenvalue weighted by Crippen LogP contribution is -2.45. The molecule has 192 valence electrons. The molecule has 2 heterocycles. The van der Waals surface area contributed by atoms with E-state index in [0.717, 1.165) is 5.69 Å². The minimum atomic E-state index is -4.80. The Hall–Kier alpha value is -2.91. The Morgan fingerprint density at radius 3 is 2.53 bits per heavy atom. The quantitative estimate of drug-likeness (QED) is 0.419. The highest BCUT2D eigenvalue weighted by Crippen LogP contribution is 2.34. The van der Waals surface area contributed by atoms with Crippen LogP contribution in [0.4, 0.5) is 13.2 Å². The van der Waals surface area contributed by atoms with Crippen molar-refractivity contribution in [3.05, 3.63) is 63.3 Å². The number of hydrogen-bond acceptors (Lipinski definition) is 3. The summed E-state index contributed by atoms with van der Waals surface area (Å²) in [5, 5.41) is 10.6. The normalized spacial score (nSPS) is 18.5. The van der Waals surface area contributed by atoms with Crippen LogP contribution >= 0.6 is 23.2 Å². The minimum absolute atomic E-state index is 0.187. The molecule has 0 saturated carbocycles. The fourth-order valence-corrected chi connectivity index (χ4v) is 5.29. The van der Waals surface area contributed by atoms with E-state index < -0.39 is 18.2 Å². The van der Waals surface area contributed by atoms with E-state index in [-0.39, 0.29) is 34.6 Å². The number of aliphatic carboxylic acids is 1. The van der Waals surface area contributed by atoms with Gasteiger partial charge in [0.05, 0.1) is 22.0 Å². The molecular formula is C25H23Cl2F3N2O4. The Morgan fingerprint density at radius 1 is 1.17 bits per heavy atom. The zero-order valence-corrected chi connectivity index (χ0v) is 20.9. The first-order valence-corrected chi connectivity index (χ1v) is 11.9. The smallest absolute Gasteiger partial charge is 0.481 e. The van der Waals surface area contributed by atoms with Gasteiger partial charge in [-0.15, -0.1) is 13.2 Å². The first-order chi connectivity index (χ1) is 16.9. The number of benzene rings is 2. The molecule has 1 aromatic heterocycles. The SMILES string of the molecule is C[C@@H]1CN(C(=O)c2ccc(Cl)c(Cc3cc4ccc(OC(F)(F)F)cc4n3C)c2Cl)CCC1C(=O)O. The predicted molar refractivity (Wildman–Crippen MR) is 130 cm³/mol. The minimum Gasteiger partial charge on any atom is -0.481 e. The van der Waals surface area contributed by atoms with E-state index >= 15 is 0 Å². The summed E-state index contributed by atoms with van der Waals surface area (Å²) in [5.74, 6) is -2.20. The summed E-state index contributed by atoms with van der Waals surface area (Å²) >= 11 is 13.1. The summed E-state index contributed by atoms with van der Waals surface area (Å²) in [5.41, 5.74) is 2.02. The standard InChI is InChI=1S/C25H23Cl2F3N2O4/c1-13-12-32(8-7-17(13)24(34)35)23(33)18-5-6-20(26)19(22(18)27)10-15-9-14-3-4-16(36-25(28,29)30)11-21(14)31(15)2/h3-6,9,11,13,17H,7-8,10,12H2,1-2H3,(H,34,35)/t13-,17?/m1/s1. The molecule has 2 atom stereocenters. The molecule has 0 spiro atoms. The number of aryl methyl sites for hydroxylation is 1. The van der Waals surface area contributed by atoms with Gasteiger partial charge in [-0.25, -0.2) is 0 Å². The molecule has 1 amide bonds. The molecule has 36 heavy (non-hydrogen) atoms. The van der Waals surface area contributed by atoms with E-state index in [1.165, 1.54) is 18.2 Å². The molecule has 6 nitrogen and oxygen atoms in total. The number of halogens is 5. The number of piperidine rings is 1. The number of carbonyl (C=O) groups excluding carboxylic acids is 1. The Kier molecular flexibility index (Phi) is 7.16. The van der Waals surface area contributed by atoms with Gasteiger partial charge < -0.3 is 19.3 Å². The van der Waals surface area contributed by atoms with Gasteiger partial charge in [-0.3, -0.25) is 9.59 Å². The molecule has 1 unspecified atom stereocenters. The zero-order chi connectivity index (χ0) is 26.4. The number of amides is 1. The van der Waals surface area contributed by atoms with Crippen LogP contribution in [-0.2, 0) is 18.3 Å². The van der Waals surface area contributed by atoms with Crippen LogP contribution in [0.5, 0.6) is 5.75 Å². The number of carboxylic acid groups (broad SMARTS) is 1. The summed E-state index contributed by atoms with van der Waals surface area (Å²) in [6, 6.07) is 9.02. The number of aromatic nitrogens is 1. The van der Waals surface area contributed by atoms with E-state index in [2.05, 4.69) is 4.74 Å². The maximum absolute atomic E-state index is 13.3. The third-order valence-corrected chi connectivity index (χ3v) is 7.42. The topological polar surface area (TPSA) is 71.8 Å². The van der Waals surface area contributed by atoms with Crippen molar-refractivity contribution in [1.29, 1.82) is 0 Å². The first kappa shape index (κ1) is 26.2. The zero-order valence-electron chi connectivity index (χ0n) is 19.4. The van der Waals surface area contributed by atoms with Gasteiger partial charge in [0.2, 0.25) is 0 Å². The van der Waals surface area contributed by atoms with Crippen molar-refractivity contribution in [2.45, 2.75) is 26.1 Å². The van der Waals surface area contributed by atoms with Crippen molar-refractivity contribution in [3.63, 3.8) is 0 Å². The molecule has 1 saturated heterocycles. The van der Waals surface area contributed by atoms with Gasteiger partial charge in [0, 0.05) is 48.7 Å². The second-order valence-electron chi connectivity index (χ2n) is 8.99. The van der Waals surface area contributed by atoms with Gasteiger partial charge >= 0.3 is 12.3 Å². The molecule has 0 radical (unpaired) electrons. The Bertz CT molecular complexity index is 1340. The molecule has 3 aromatic rings. The van der Waals surface area contributed by atoms with Gasteiger partial charge in [0.15, 0.2) is 0 Å². The number of carboxylic acids is 1. The van der Waals surface area contributed by atoms with Gasteiger partial charge in [0.1, 0.15) is 5.75 Å². The molecule has 11 heteroatoms. The number of alkyl halides is 3. The van der Waals surface area contributed by atoms with Crippen LogP contribution in [0.15, 0.2) is 36.4 Å². The highest BCUT2D eigenvalue weighted by Gasteiger charge is 2.34. The number of ether oxygens (including phenoxy) is 1. The van der Waals surface area contributed by atoms with Crippen molar-refractivity contribution in [3.8, 4) is 5.75 Å². The summed E-state index contributed by atoms with van der Waals surface area (Å²) in [7, 11) is 1.71. The average Bonchev–Trinajstić information content (AvgIpc) is 3.09. The third kappa shape index (κ3) is 5.27. The molecule has 1 aliphatic rings. The van der Waals surface area contributed by atoms with Crippen LogP contribution in [0.2, 0.25) is 10.0 Å². The van der Waals surface area contributed by atoms with Crippen molar-refractivity contribution >= 4 is 46.0 Å². The molecule has 4 rings (SSSR count). The number of likely N-dealkylation sites (tertiary alicyclic amines) is 1. The van der Waals surface area contributed by atoms with Crippen molar-refractivity contribution < 1.29 is 32.6 Å². The van der Waals surface area contributed by atoms with Gasteiger partial charge in [-0.05, 0) is 48.2 Å². The molecule has 2 aromatic carbocycles. The Morgan fingerprint density at radius 2 is 1.89 bits per heavy atom. The Labute approximate surface area is 215 Å². The maximum Gasteiger partial charge on any atom is 0.573 e. The largest absolute Gasteiger partial charge is 0.573 e. The van der Waals surface area contributed by atoms with Crippen LogP contribution in [0.3, 0.4) is 0 Å². The lowest BCUT2D eigenvalue weighted by Gasteiger charge is -2.35. The van der Waals surface area contributed by atoms with Crippen LogP contribution in [-0.4, -0.2) is 45.9 Å². The summed E-state index contributed by atoms with van der Waals surface area (Å²) in [4.78, 5) is 26.3. The lowest BCUT2D eigenvalue weighted by molar-refractivity contribution is -0.274.